The van der Waals surface area contributed by atoms with Gasteiger partial charge in [0.05, 0.1) is 41.1 Å². The Morgan fingerprint density at radius 2 is 1.20 bits per heavy atom. The van der Waals surface area contributed by atoms with Gasteiger partial charge in [-0.25, -0.2) is 27.3 Å². The van der Waals surface area contributed by atoms with Crippen molar-refractivity contribution in [3.63, 3.8) is 0 Å². The molecule has 4 aromatic rings. The maximum Gasteiger partial charge on any atom is 2.00 e. The van der Waals surface area contributed by atoms with Gasteiger partial charge in [0, 0.05) is 62.2 Å². The van der Waals surface area contributed by atoms with Crippen LogP contribution in [-0.2, 0) is 45.1 Å². The van der Waals surface area contributed by atoms with E-state index in [1.54, 1.807) is 0 Å². The van der Waals surface area contributed by atoms with E-state index in [0.29, 0.717) is 24.2 Å². The van der Waals surface area contributed by atoms with E-state index in [-0.39, 0.29) is 116 Å². The third kappa shape index (κ3) is 13.9. The Balaban J connectivity index is 0. The van der Waals surface area contributed by atoms with Gasteiger partial charge in [-0.05, 0) is 23.2 Å². The van der Waals surface area contributed by atoms with E-state index in [4.69, 9.17) is 55.9 Å². The standard InChI is InChI=1S/C13H7Cl2F4NO.C7H4ClF3N.C7H5ClFO.BrH.Mg.Y/c1-21-11-3-7(10(16)4-8(11)14)12-9(15)2-6(5-20-12)13(17,18)19;1-4-6(8)2-5(3-12-4)7(9,10)11;1-10-7-3-2-5(9)4-6(7)8;;;/h2-5H,1H3;2-3H,1H2;3-4H,1H3;1H;;/q;2*-1;;+2;/p-1. The molecule has 0 amide bonds. The van der Waals surface area contributed by atoms with Crippen LogP contribution in [0.4, 0.5) is 35.1 Å². The summed E-state index contributed by atoms with van der Waals surface area (Å²) >= 11 is 22.5. The summed E-state index contributed by atoms with van der Waals surface area (Å²) < 4.78 is 109. The number of benzene rings is 2. The van der Waals surface area contributed by atoms with Crippen LogP contribution in [0.2, 0.25) is 20.1 Å². The Morgan fingerprint density at radius 3 is 1.63 bits per heavy atom. The van der Waals surface area contributed by atoms with Crippen LogP contribution in [0, 0.1) is 24.6 Å². The molecule has 1 radical (unpaired) electrons. The topological polar surface area (TPSA) is 44.2 Å². The number of halogens is 13. The quantitative estimate of drug-likeness (QED) is 0.126. The van der Waals surface area contributed by atoms with Gasteiger partial charge in [-0.2, -0.15) is 26.3 Å². The summed E-state index contributed by atoms with van der Waals surface area (Å²) in [5, 5.41) is -0.113. The fraction of sp³-hybridized carbons (Fsp3) is 0.148. The molecule has 0 fully saturated rings. The fourth-order valence-corrected chi connectivity index (χ4v) is 3.75. The zero-order chi connectivity index (χ0) is 32.7. The molecule has 0 bridgehead atoms. The fourth-order valence-electron chi connectivity index (χ4n) is 2.86. The summed E-state index contributed by atoms with van der Waals surface area (Å²) in [5.74, 6) is -0.658. The summed E-state index contributed by atoms with van der Waals surface area (Å²) in [6, 6.07) is 8.51. The number of hydrogen-bond donors (Lipinski definition) is 0. The first-order valence-electron chi connectivity index (χ1n) is 11.1. The van der Waals surface area contributed by atoms with E-state index in [1.165, 1.54) is 26.4 Å². The molecule has 19 heteroatoms. The summed E-state index contributed by atoms with van der Waals surface area (Å²) in [4.78, 5) is 6.97. The normalized spacial score (nSPS) is 10.4. The van der Waals surface area contributed by atoms with Crippen LogP contribution in [0.25, 0.3) is 11.3 Å². The first-order valence-corrected chi connectivity index (χ1v) is 12.6. The van der Waals surface area contributed by atoms with E-state index in [1.807, 2.05) is 0 Å². The Labute approximate surface area is 330 Å². The first kappa shape index (κ1) is 47.3. The number of ether oxygens (including phenoxy) is 2. The van der Waals surface area contributed by atoms with Crippen molar-refractivity contribution < 1.29 is 94.3 Å². The molecule has 0 spiro atoms. The Kier molecular flexibility index (Phi) is 21.2. The number of pyridine rings is 2. The van der Waals surface area contributed by atoms with Crippen LogP contribution in [0.15, 0.2) is 48.8 Å². The van der Waals surface area contributed by atoms with Crippen molar-refractivity contribution in [2.45, 2.75) is 12.4 Å². The largest absolute Gasteiger partial charge is 2.00 e. The van der Waals surface area contributed by atoms with Gasteiger partial charge in [-0.3, -0.25) is 9.97 Å². The molecule has 2 heterocycles. The average Bonchev–Trinajstić information content (AvgIpc) is 2.90. The predicted octanol–water partition coefficient (Wildman–Crippen LogP) is 7.07. The van der Waals surface area contributed by atoms with Gasteiger partial charge in [-0.1, -0.05) is 33.9 Å². The molecule has 4 nitrogen and oxygen atoms in total. The molecule has 2 aromatic carbocycles. The zero-order valence-corrected chi connectivity index (χ0v) is 32.1. The van der Waals surface area contributed by atoms with Crippen LogP contribution >= 0.6 is 46.4 Å². The molecule has 0 saturated carbocycles. The Bertz CT molecular complexity index is 1590. The van der Waals surface area contributed by atoms with Gasteiger partial charge in [0.1, 0.15) is 11.6 Å². The molecule has 0 saturated heterocycles. The van der Waals surface area contributed by atoms with Gasteiger partial charge in [0.2, 0.25) is 0 Å². The molecule has 46 heavy (non-hydrogen) atoms. The van der Waals surface area contributed by atoms with Crippen molar-refractivity contribution in [1.82, 2.24) is 9.97 Å². The number of methoxy groups -OCH3 is 2. The zero-order valence-electron chi connectivity index (χ0n) is 23.2. The molecule has 0 aliphatic rings. The van der Waals surface area contributed by atoms with Crippen LogP contribution in [0.3, 0.4) is 0 Å². The van der Waals surface area contributed by atoms with Gasteiger partial charge >= 0.3 is 35.4 Å². The third-order valence-electron chi connectivity index (χ3n) is 4.96. The second kappa shape index (κ2) is 20.6. The van der Waals surface area contributed by atoms with E-state index >= 15 is 0 Å². The van der Waals surface area contributed by atoms with Crippen molar-refractivity contribution in [3.8, 4) is 22.8 Å². The van der Waals surface area contributed by atoms with Crippen molar-refractivity contribution in [1.29, 1.82) is 0 Å². The van der Waals surface area contributed by atoms with Crippen molar-refractivity contribution in [2.75, 3.05) is 14.2 Å². The molecule has 0 aliphatic carbocycles. The molecule has 0 atom stereocenters. The van der Waals surface area contributed by atoms with E-state index in [9.17, 15) is 35.1 Å². The first-order chi connectivity index (χ1) is 19.9. The van der Waals surface area contributed by atoms with Crippen molar-refractivity contribution >= 4 is 69.5 Å². The smallest absolute Gasteiger partial charge is 1.00 e. The number of rotatable bonds is 3. The minimum Gasteiger partial charge on any atom is -1.00 e. The van der Waals surface area contributed by atoms with Gasteiger partial charge in [0.15, 0.2) is 0 Å². The van der Waals surface area contributed by atoms with Crippen LogP contribution in [0.5, 0.6) is 11.5 Å². The minimum atomic E-state index is -4.58. The molecule has 0 unspecified atom stereocenters. The van der Waals surface area contributed by atoms with Crippen LogP contribution in [-0.4, -0.2) is 47.2 Å². The van der Waals surface area contributed by atoms with Gasteiger partial charge < -0.3 is 26.5 Å². The molecule has 4 rings (SSSR count). The second-order valence-corrected chi connectivity index (χ2v) is 9.50. The van der Waals surface area contributed by atoms with Crippen LogP contribution < -0.4 is 26.5 Å². The maximum absolute atomic E-state index is 13.9. The Morgan fingerprint density at radius 1 is 0.717 bits per heavy atom. The molecular formula is C27H16BrCl4F8MgN2O2Y-. The number of hydrogen-bond acceptors (Lipinski definition) is 4. The monoisotopic (exact) mass is 884 g/mol. The molecule has 0 aliphatic heterocycles. The summed E-state index contributed by atoms with van der Waals surface area (Å²) in [5.41, 5.74) is -1.96. The summed E-state index contributed by atoms with van der Waals surface area (Å²) in [6.07, 6.45) is -7.69. The van der Waals surface area contributed by atoms with E-state index in [2.05, 4.69) is 23.0 Å². The predicted molar refractivity (Wildman–Crippen MR) is 152 cm³/mol. The van der Waals surface area contributed by atoms with E-state index in [0.717, 1.165) is 18.2 Å². The van der Waals surface area contributed by atoms with Crippen LogP contribution in [0.1, 0.15) is 16.8 Å². The average molecular weight is 887 g/mol. The summed E-state index contributed by atoms with van der Waals surface area (Å²) in [7, 11) is 2.79. The van der Waals surface area contributed by atoms with Crippen molar-refractivity contribution in [2.24, 2.45) is 0 Å². The summed E-state index contributed by atoms with van der Waals surface area (Å²) in [6.45, 7) is 3.33. The SMILES string of the molecule is COc1c[c-]c(F)cc1Cl.COc1cc(-c2ncc(C(F)(F)F)cc2Cl)c(F)cc1Cl.[Br-].[CH2-]c1ncc(C(F)(F)F)cc1Cl.[Mg+2].[Y]. The molecule has 2 aromatic heterocycles. The van der Waals surface area contributed by atoms with Gasteiger partial charge in [0.25, 0.3) is 0 Å². The third-order valence-corrected chi connectivity index (χ3v) is 6.17. The maximum atomic E-state index is 13.9. The molecular weight excluding hydrogens is 871 g/mol. The molecule has 243 valence electrons. The Hall–Kier alpha value is -0.840. The van der Waals surface area contributed by atoms with E-state index < -0.39 is 35.1 Å². The minimum absolute atomic E-state index is 0. The number of alkyl halides is 6. The van der Waals surface area contributed by atoms with Gasteiger partial charge in [-0.15, -0.1) is 35.9 Å². The number of nitrogens with zero attached hydrogens (tertiary/aromatic N) is 2. The second-order valence-electron chi connectivity index (χ2n) is 7.87. The number of aromatic nitrogens is 2. The van der Waals surface area contributed by atoms with Crippen molar-refractivity contribution in [3.05, 3.63) is 110 Å². The molecule has 0 N–H and O–H groups in total.